The molecule has 2 rings (SSSR count). The van der Waals surface area contributed by atoms with Gasteiger partial charge in [0.1, 0.15) is 0 Å². The van der Waals surface area contributed by atoms with Gasteiger partial charge in [0.05, 0.1) is 0 Å². The molecule has 0 spiro atoms. The Balaban J connectivity index is 1.75. The molecule has 2 aliphatic carbocycles. The van der Waals surface area contributed by atoms with E-state index in [1.807, 2.05) is 0 Å². The average molecular weight is 301 g/mol. The molecular weight excluding hydrogens is 272 g/mol. The molecule has 0 aliphatic heterocycles. The molecule has 0 N–H and O–H groups in total. The third-order valence-corrected chi connectivity index (χ3v) is 6.63. The van der Waals surface area contributed by atoms with Gasteiger partial charge in [0, 0.05) is 4.83 Å². The van der Waals surface area contributed by atoms with Crippen LogP contribution in [0.15, 0.2) is 0 Å². The summed E-state index contributed by atoms with van der Waals surface area (Å²) in [6, 6.07) is 0. The van der Waals surface area contributed by atoms with Crippen molar-refractivity contribution >= 4 is 15.9 Å². The lowest BCUT2D eigenvalue weighted by molar-refractivity contribution is 0.217. The van der Waals surface area contributed by atoms with Crippen LogP contribution in [0.1, 0.15) is 77.6 Å². The van der Waals surface area contributed by atoms with E-state index in [0.29, 0.717) is 0 Å². The van der Waals surface area contributed by atoms with E-state index in [-0.39, 0.29) is 0 Å². The van der Waals surface area contributed by atoms with Crippen LogP contribution in [0, 0.1) is 17.8 Å². The molecule has 100 valence electrons. The lowest BCUT2D eigenvalue weighted by atomic mass is 9.74. The number of rotatable bonds is 4. The SMILES string of the molecule is CCCC1CCC(C(Br)C2CCCCC2)CC1. The highest BCUT2D eigenvalue weighted by Crippen LogP contribution is 2.41. The molecule has 2 saturated carbocycles. The summed E-state index contributed by atoms with van der Waals surface area (Å²) < 4.78 is 0. The van der Waals surface area contributed by atoms with Gasteiger partial charge in [-0.2, -0.15) is 0 Å². The van der Waals surface area contributed by atoms with E-state index in [1.54, 1.807) is 0 Å². The van der Waals surface area contributed by atoms with Crippen molar-refractivity contribution in [2.75, 3.05) is 0 Å². The Labute approximate surface area is 116 Å². The Bertz CT molecular complexity index is 200. The monoisotopic (exact) mass is 300 g/mol. The fourth-order valence-electron chi connectivity index (χ4n) is 4.04. The summed E-state index contributed by atoms with van der Waals surface area (Å²) in [5, 5.41) is 0. The van der Waals surface area contributed by atoms with Crippen LogP contribution in [0.25, 0.3) is 0 Å². The number of alkyl halides is 1. The van der Waals surface area contributed by atoms with Gasteiger partial charge in [-0.05, 0) is 43.4 Å². The second-order valence-electron chi connectivity index (χ2n) is 6.41. The fraction of sp³-hybridized carbons (Fsp3) is 1.00. The minimum absolute atomic E-state index is 0.838. The molecule has 0 saturated heterocycles. The van der Waals surface area contributed by atoms with Gasteiger partial charge in [0.15, 0.2) is 0 Å². The zero-order valence-electron chi connectivity index (χ0n) is 11.5. The third-order valence-electron chi connectivity index (χ3n) is 5.14. The van der Waals surface area contributed by atoms with Gasteiger partial charge in [-0.3, -0.25) is 0 Å². The highest BCUT2D eigenvalue weighted by atomic mass is 79.9. The lowest BCUT2D eigenvalue weighted by Crippen LogP contribution is -2.29. The maximum absolute atomic E-state index is 4.06. The summed E-state index contributed by atoms with van der Waals surface area (Å²) in [5.74, 6) is 3.05. The van der Waals surface area contributed by atoms with Crippen LogP contribution >= 0.6 is 15.9 Å². The molecule has 2 aliphatic rings. The van der Waals surface area contributed by atoms with E-state index in [0.717, 1.165) is 22.6 Å². The van der Waals surface area contributed by atoms with E-state index in [9.17, 15) is 0 Å². The first-order valence-electron chi connectivity index (χ1n) is 7.95. The Kier molecular flexibility index (Phi) is 5.86. The summed E-state index contributed by atoms with van der Waals surface area (Å²) in [7, 11) is 0. The van der Waals surface area contributed by atoms with Gasteiger partial charge in [-0.15, -0.1) is 0 Å². The van der Waals surface area contributed by atoms with Crippen molar-refractivity contribution in [1.82, 2.24) is 0 Å². The van der Waals surface area contributed by atoms with E-state index >= 15 is 0 Å². The molecule has 0 amide bonds. The first-order valence-corrected chi connectivity index (χ1v) is 8.87. The second-order valence-corrected chi connectivity index (χ2v) is 7.47. The van der Waals surface area contributed by atoms with Crippen LogP contribution < -0.4 is 0 Å². The maximum atomic E-state index is 4.06. The lowest BCUT2D eigenvalue weighted by Gasteiger charge is -2.36. The summed E-state index contributed by atoms with van der Waals surface area (Å²) in [5.41, 5.74) is 0. The van der Waals surface area contributed by atoms with E-state index in [4.69, 9.17) is 0 Å². The summed E-state index contributed by atoms with van der Waals surface area (Å²) in [4.78, 5) is 0.838. The van der Waals surface area contributed by atoms with Crippen molar-refractivity contribution in [3.05, 3.63) is 0 Å². The molecule has 1 unspecified atom stereocenters. The van der Waals surface area contributed by atoms with Crippen molar-refractivity contribution in [3.8, 4) is 0 Å². The van der Waals surface area contributed by atoms with Crippen LogP contribution in [0.5, 0.6) is 0 Å². The number of halogens is 1. The molecular formula is C16H29Br. The Hall–Kier alpha value is 0.480. The van der Waals surface area contributed by atoms with Crippen molar-refractivity contribution in [3.63, 3.8) is 0 Å². The largest absolute Gasteiger partial charge is 0.0885 e. The molecule has 2 fully saturated rings. The Morgan fingerprint density at radius 1 is 0.882 bits per heavy atom. The quantitative estimate of drug-likeness (QED) is 0.564. The normalized spacial score (nSPS) is 33.5. The molecule has 1 heteroatoms. The van der Waals surface area contributed by atoms with Gasteiger partial charge in [-0.1, -0.05) is 67.8 Å². The molecule has 0 aromatic rings. The highest BCUT2D eigenvalue weighted by molar-refractivity contribution is 9.09. The van der Waals surface area contributed by atoms with Crippen molar-refractivity contribution < 1.29 is 0 Å². The Morgan fingerprint density at radius 3 is 2.06 bits per heavy atom. The summed E-state index contributed by atoms with van der Waals surface area (Å²) in [6.45, 7) is 2.33. The predicted molar refractivity (Wildman–Crippen MR) is 79.6 cm³/mol. The molecule has 1 atom stereocenters. The first kappa shape index (κ1) is 13.9. The highest BCUT2D eigenvalue weighted by Gasteiger charge is 2.31. The maximum Gasteiger partial charge on any atom is 0.0202 e. The van der Waals surface area contributed by atoms with E-state index < -0.39 is 0 Å². The second kappa shape index (κ2) is 7.16. The first-order chi connectivity index (χ1) is 8.31. The van der Waals surface area contributed by atoms with Gasteiger partial charge < -0.3 is 0 Å². The third kappa shape index (κ3) is 3.98. The van der Waals surface area contributed by atoms with Crippen molar-refractivity contribution in [2.45, 2.75) is 82.4 Å². The van der Waals surface area contributed by atoms with Crippen LogP contribution in [0.4, 0.5) is 0 Å². The van der Waals surface area contributed by atoms with Crippen LogP contribution in [-0.4, -0.2) is 4.83 Å². The topological polar surface area (TPSA) is 0 Å². The minimum atomic E-state index is 0.838. The summed E-state index contributed by atoms with van der Waals surface area (Å²) >= 11 is 4.06. The van der Waals surface area contributed by atoms with Gasteiger partial charge in [0.25, 0.3) is 0 Å². The molecule has 17 heavy (non-hydrogen) atoms. The van der Waals surface area contributed by atoms with Gasteiger partial charge in [0.2, 0.25) is 0 Å². The predicted octanol–water partition coefficient (Wildman–Crippen LogP) is 5.94. The van der Waals surface area contributed by atoms with E-state index in [2.05, 4.69) is 22.9 Å². The molecule has 0 nitrogen and oxygen atoms in total. The molecule has 0 aromatic heterocycles. The van der Waals surface area contributed by atoms with E-state index in [1.165, 1.54) is 70.6 Å². The van der Waals surface area contributed by atoms with Crippen molar-refractivity contribution in [1.29, 1.82) is 0 Å². The molecule has 0 bridgehead atoms. The standard InChI is InChI=1S/C16H29Br/c1-2-6-13-9-11-15(12-10-13)16(17)14-7-4-3-5-8-14/h13-16H,2-12H2,1H3. The molecule has 0 heterocycles. The van der Waals surface area contributed by atoms with Crippen LogP contribution in [-0.2, 0) is 0 Å². The minimum Gasteiger partial charge on any atom is -0.0885 e. The van der Waals surface area contributed by atoms with Crippen LogP contribution in [0.2, 0.25) is 0 Å². The van der Waals surface area contributed by atoms with Gasteiger partial charge >= 0.3 is 0 Å². The smallest absolute Gasteiger partial charge is 0.0202 e. The Morgan fingerprint density at radius 2 is 1.47 bits per heavy atom. The fourth-order valence-corrected chi connectivity index (χ4v) is 5.10. The number of hydrogen-bond donors (Lipinski definition) is 0. The zero-order valence-corrected chi connectivity index (χ0v) is 13.1. The zero-order chi connectivity index (χ0) is 12.1. The summed E-state index contributed by atoms with van der Waals surface area (Å²) in [6.07, 6.45) is 16.3. The molecule has 0 aromatic carbocycles. The van der Waals surface area contributed by atoms with Gasteiger partial charge in [-0.25, -0.2) is 0 Å². The molecule has 0 radical (unpaired) electrons. The average Bonchev–Trinajstić information content (AvgIpc) is 2.40. The van der Waals surface area contributed by atoms with Crippen molar-refractivity contribution in [2.24, 2.45) is 17.8 Å². The van der Waals surface area contributed by atoms with Crippen LogP contribution in [0.3, 0.4) is 0 Å². The number of hydrogen-bond acceptors (Lipinski definition) is 0.